The number of hydrogen-bond donors (Lipinski definition) is 0. The van der Waals surface area contributed by atoms with Crippen LogP contribution in [0.4, 0.5) is 5.69 Å². The Balaban J connectivity index is 1.91. The average molecular weight is 275 g/mol. The number of carbonyl (C=O) groups excluding carboxylic acids is 1. The molecule has 3 unspecified atom stereocenters. The number of hydrogen-bond acceptors (Lipinski definition) is 3. The monoisotopic (exact) mass is 275 g/mol. The Morgan fingerprint density at radius 1 is 1.40 bits per heavy atom. The van der Waals surface area contributed by atoms with Gasteiger partial charge < -0.3 is 9.64 Å². The van der Waals surface area contributed by atoms with E-state index in [1.807, 2.05) is 19.9 Å². The largest absolute Gasteiger partial charge is 0.462 e. The quantitative estimate of drug-likeness (QED) is 0.788. The molecule has 3 atom stereocenters. The summed E-state index contributed by atoms with van der Waals surface area (Å²) in [5.41, 5.74) is 1.26. The minimum absolute atomic E-state index is 0.00866. The first-order valence-corrected chi connectivity index (χ1v) is 7.62. The van der Waals surface area contributed by atoms with Crippen molar-refractivity contribution in [1.29, 1.82) is 0 Å². The molecule has 20 heavy (non-hydrogen) atoms. The molecule has 0 bridgehead atoms. The van der Waals surface area contributed by atoms with Gasteiger partial charge in [-0.05, 0) is 18.6 Å². The Kier molecular flexibility index (Phi) is 5.05. The molecule has 3 heteroatoms. The van der Waals surface area contributed by atoms with Crippen molar-refractivity contribution in [2.24, 2.45) is 11.8 Å². The summed E-state index contributed by atoms with van der Waals surface area (Å²) < 4.78 is 5.67. The van der Waals surface area contributed by atoms with E-state index in [0.29, 0.717) is 5.92 Å². The van der Waals surface area contributed by atoms with E-state index >= 15 is 0 Å². The van der Waals surface area contributed by atoms with Gasteiger partial charge in [0.15, 0.2) is 0 Å². The lowest BCUT2D eigenvalue weighted by Crippen LogP contribution is -2.44. The second-order valence-corrected chi connectivity index (χ2v) is 5.83. The second-order valence-electron chi connectivity index (χ2n) is 5.83. The van der Waals surface area contributed by atoms with Gasteiger partial charge in [-0.15, -0.1) is 0 Å². The fourth-order valence-corrected chi connectivity index (χ4v) is 2.60. The molecule has 0 saturated carbocycles. The predicted octanol–water partition coefficient (Wildman–Crippen LogP) is 3.49. The van der Waals surface area contributed by atoms with Gasteiger partial charge in [-0.25, -0.2) is 0 Å². The standard InChI is InChI=1S/C17H25NO2/c1-4-13(2)17(19)20-16-10-11-18(12-14(16)3)15-8-6-5-7-9-15/h5-9,13-14,16H,4,10-12H2,1-3H3. The number of ether oxygens (including phenoxy) is 1. The summed E-state index contributed by atoms with van der Waals surface area (Å²) in [4.78, 5) is 14.3. The van der Waals surface area contributed by atoms with E-state index in [1.54, 1.807) is 0 Å². The summed E-state index contributed by atoms with van der Waals surface area (Å²) in [6, 6.07) is 10.4. The first-order chi connectivity index (χ1) is 9.61. The van der Waals surface area contributed by atoms with Crippen LogP contribution >= 0.6 is 0 Å². The highest BCUT2D eigenvalue weighted by molar-refractivity contribution is 5.72. The molecular weight excluding hydrogens is 250 g/mol. The van der Waals surface area contributed by atoms with Crippen molar-refractivity contribution >= 4 is 11.7 Å². The highest BCUT2D eigenvalue weighted by atomic mass is 16.5. The van der Waals surface area contributed by atoms with E-state index in [0.717, 1.165) is 25.9 Å². The molecule has 0 aromatic heterocycles. The zero-order chi connectivity index (χ0) is 14.5. The molecule has 0 aliphatic carbocycles. The van der Waals surface area contributed by atoms with E-state index in [2.05, 4.69) is 36.1 Å². The van der Waals surface area contributed by atoms with E-state index in [1.165, 1.54) is 5.69 Å². The minimum atomic E-state index is -0.0440. The van der Waals surface area contributed by atoms with Crippen LogP contribution < -0.4 is 4.90 Å². The molecule has 1 aromatic rings. The maximum Gasteiger partial charge on any atom is 0.308 e. The van der Waals surface area contributed by atoms with Crippen LogP contribution in [-0.2, 0) is 9.53 Å². The van der Waals surface area contributed by atoms with Gasteiger partial charge in [-0.1, -0.05) is 39.0 Å². The molecule has 1 aliphatic rings. The van der Waals surface area contributed by atoms with Crippen LogP contribution in [0.3, 0.4) is 0 Å². The molecule has 1 heterocycles. The van der Waals surface area contributed by atoms with Crippen molar-refractivity contribution in [2.75, 3.05) is 18.0 Å². The zero-order valence-corrected chi connectivity index (χ0v) is 12.7. The maximum atomic E-state index is 11.9. The lowest BCUT2D eigenvalue weighted by molar-refractivity contribution is -0.156. The van der Waals surface area contributed by atoms with Crippen LogP contribution in [-0.4, -0.2) is 25.2 Å². The molecule has 1 aliphatic heterocycles. The van der Waals surface area contributed by atoms with Crippen LogP contribution in [0.15, 0.2) is 30.3 Å². The number of benzene rings is 1. The summed E-state index contributed by atoms with van der Waals surface area (Å²) in [5, 5.41) is 0. The van der Waals surface area contributed by atoms with Crippen LogP contribution in [0.25, 0.3) is 0 Å². The number of nitrogens with zero attached hydrogens (tertiary/aromatic N) is 1. The fraction of sp³-hybridized carbons (Fsp3) is 0.588. The molecule has 1 saturated heterocycles. The highest BCUT2D eigenvalue weighted by Gasteiger charge is 2.29. The van der Waals surface area contributed by atoms with E-state index in [-0.39, 0.29) is 18.0 Å². The Morgan fingerprint density at radius 3 is 2.70 bits per heavy atom. The van der Waals surface area contributed by atoms with Gasteiger partial charge in [-0.2, -0.15) is 0 Å². The molecule has 2 rings (SSSR count). The number of carbonyl (C=O) groups is 1. The summed E-state index contributed by atoms with van der Waals surface area (Å²) >= 11 is 0. The van der Waals surface area contributed by atoms with Gasteiger partial charge >= 0.3 is 5.97 Å². The molecule has 0 amide bonds. The fourth-order valence-electron chi connectivity index (χ4n) is 2.60. The first kappa shape index (κ1) is 14.9. The van der Waals surface area contributed by atoms with Crippen molar-refractivity contribution < 1.29 is 9.53 Å². The molecule has 0 spiro atoms. The summed E-state index contributed by atoms with van der Waals surface area (Å²) in [5.74, 6) is 0.337. The second kappa shape index (κ2) is 6.78. The van der Waals surface area contributed by atoms with Crippen molar-refractivity contribution in [3.63, 3.8) is 0 Å². The Labute approximate surface area is 121 Å². The molecule has 0 N–H and O–H groups in total. The van der Waals surface area contributed by atoms with Gasteiger partial charge in [0.1, 0.15) is 6.10 Å². The Bertz CT molecular complexity index is 432. The summed E-state index contributed by atoms with van der Waals surface area (Å²) in [7, 11) is 0. The molecule has 1 aromatic carbocycles. The lowest BCUT2D eigenvalue weighted by atomic mass is 9.95. The van der Waals surface area contributed by atoms with Crippen molar-refractivity contribution in [1.82, 2.24) is 0 Å². The van der Waals surface area contributed by atoms with Gasteiger partial charge in [0.05, 0.1) is 5.92 Å². The molecule has 3 nitrogen and oxygen atoms in total. The zero-order valence-electron chi connectivity index (χ0n) is 12.7. The van der Waals surface area contributed by atoms with Crippen LogP contribution in [0, 0.1) is 11.8 Å². The highest BCUT2D eigenvalue weighted by Crippen LogP contribution is 2.25. The number of anilines is 1. The predicted molar refractivity (Wildman–Crippen MR) is 81.8 cm³/mol. The Morgan fingerprint density at radius 2 is 2.10 bits per heavy atom. The summed E-state index contributed by atoms with van der Waals surface area (Å²) in [6.07, 6.45) is 1.82. The van der Waals surface area contributed by atoms with Crippen molar-refractivity contribution in [3.05, 3.63) is 30.3 Å². The topological polar surface area (TPSA) is 29.5 Å². The maximum absolute atomic E-state index is 11.9. The normalized spacial score (nSPS) is 24.2. The molecule has 1 fully saturated rings. The molecular formula is C17H25NO2. The van der Waals surface area contributed by atoms with E-state index in [4.69, 9.17) is 4.74 Å². The number of rotatable bonds is 4. The minimum Gasteiger partial charge on any atom is -0.462 e. The van der Waals surface area contributed by atoms with E-state index < -0.39 is 0 Å². The van der Waals surface area contributed by atoms with Crippen molar-refractivity contribution in [3.8, 4) is 0 Å². The van der Waals surface area contributed by atoms with Crippen molar-refractivity contribution in [2.45, 2.75) is 39.7 Å². The smallest absolute Gasteiger partial charge is 0.308 e. The third kappa shape index (κ3) is 3.53. The van der Waals surface area contributed by atoms with Crippen LogP contribution in [0.5, 0.6) is 0 Å². The number of esters is 1. The lowest BCUT2D eigenvalue weighted by Gasteiger charge is -2.38. The number of piperidine rings is 1. The SMILES string of the molecule is CCC(C)C(=O)OC1CCN(c2ccccc2)CC1C. The third-order valence-corrected chi connectivity index (χ3v) is 4.23. The third-order valence-electron chi connectivity index (χ3n) is 4.23. The first-order valence-electron chi connectivity index (χ1n) is 7.62. The van der Waals surface area contributed by atoms with Crippen LogP contribution in [0.1, 0.15) is 33.6 Å². The molecule has 0 radical (unpaired) electrons. The Hall–Kier alpha value is -1.51. The van der Waals surface area contributed by atoms with Gasteiger partial charge in [-0.3, -0.25) is 4.79 Å². The van der Waals surface area contributed by atoms with Crippen LogP contribution in [0.2, 0.25) is 0 Å². The van der Waals surface area contributed by atoms with Gasteiger partial charge in [0.2, 0.25) is 0 Å². The number of para-hydroxylation sites is 1. The average Bonchev–Trinajstić information content (AvgIpc) is 2.49. The van der Waals surface area contributed by atoms with Gasteiger partial charge in [0, 0.05) is 31.1 Å². The van der Waals surface area contributed by atoms with E-state index in [9.17, 15) is 4.79 Å². The van der Waals surface area contributed by atoms with Gasteiger partial charge in [0.25, 0.3) is 0 Å². The molecule has 110 valence electrons. The summed E-state index contributed by atoms with van der Waals surface area (Å²) in [6.45, 7) is 8.03.